The normalized spacial score (nSPS) is 9.94. The Morgan fingerprint density at radius 1 is 1.76 bits per heavy atom. The standard InChI is InChI=1S/C11H16N2O3S/c1-3-6-17-7-5-12-11-13-9(8-16-11)10(14)15-4-2/h3,8H,1,4-7H2,2H3,(H,12,13). The van der Waals surface area contributed by atoms with Crippen molar-refractivity contribution in [2.45, 2.75) is 6.92 Å². The molecule has 0 atom stereocenters. The van der Waals surface area contributed by atoms with Gasteiger partial charge in [-0.25, -0.2) is 4.79 Å². The number of nitrogens with zero attached hydrogens (tertiary/aromatic N) is 1. The highest BCUT2D eigenvalue weighted by Crippen LogP contribution is 2.09. The molecule has 6 heteroatoms. The lowest BCUT2D eigenvalue weighted by molar-refractivity contribution is 0.0519. The summed E-state index contributed by atoms with van der Waals surface area (Å²) in [5, 5.41) is 2.98. The van der Waals surface area contributed by atoms with Gasteiger partial charge in [0, 0.05) is 18.1 Å². The molecule has 94 valence electrons. The Morgan fingerprint density at radius 3 is 3.29 bits per heavy atom. The van der Waals surface area contributed by atoms with Crippen molar-refractivity contribution in [3.8, 4) is 0 Å². The van der Waals surface area contributed by atoms with Crippen molar-refractivity contribution in [2.75, 3.05) is 30.0 Å². The Balaban J connectivity index is 2.30. The van der Waals surface area contributed by atoms with E-state index in [9.17, 15) is 4.79 Å². The molecule has 0 saturated carbocycles. The number of oxazole rings is 1. The van der Waals surface area contributed by atoms with Crippen molar-refractivity contribution in [1.29, 1.82) is 0 Å². The molecular formula is C11H16N2O3S. The largest absolute Gasteiger partial charge is 0.461 e. The number of anilines is 1. The summed E-state index contributed by atoms with van der Waals surface area (Å²) in [4.78, 5) is 15.3. The topological polar surface area (TPSA) is 64.4 Å². The highest BCUT2D eigenvalue weighted by Gasteiger charge is 2.12. The zero-order chi connectivity index (χ0) is 12.5. The van der Waals surface area contributed by atoms with Gasteiger partial charge in [-0.1, -0.05) is 6.08 Å². The first-order valence-corrected chi connectivity index (χ1v) is 6.48. The molecule has 1 aromatic rings. The van der Waals surface area contributed by atoms with E-state index < -0.39 is 5.97 Å². The number of hydrogen-bond acceptors (Lipinski definition) is 6. The average Bonchev–Trinajstić information content (AvgIpc) is 2.78. The molecular weight excluding hydrogens is 240 g/mol. The molecule has 0 radical (unpaired) electrons. The first-order chi connectivity index (χ1) is 8.27. The van der Waals surface area contributed by atoms with Crippen LogP contribution in [0.2, 0.25) is 0 Å². The molecule has 5 nitrogen and oxygen atoms in total. The van der Waals surface area contributed by atoms with Gasteiger partial charge in [-0.3, -0.25) is 0 Å². The van der Waals surface area contributed by atoms with Crippen molar-refractivity contribution in [3.63, 3.8) is 0 Å². The lowest BCUT2D eigenvalue weighted by Gasteiger charge is -1.99. The highest BCUT2D eigenvalue weighted by molar-refractivity contribution is 7.99. The number of carbonyl (C=O) groups excluding carboxylic acids is 1. The molecule has 0 fully saturated rings. The van der Waals surface area contributed by atoms with Gasteiger partial charge in [0.2, 0.25) is 0 Å². The van der Waals surface area contributed by atoms with Crippen molar-refractivity contribution in [1.82, 2.24) is 4.98 Å². The summed E-state index contributed by atoms with van der Waals surface area (Å²) >= 11 is 1.75. The molecule has 1 N–H and O–H groups in total. The lowest BCUT2D eigenvalue weighted by atomic mass is 10.5. The van der Waals surface area contributed by atoms with Crippen LogP contribution in [0.25, 0.3) is 0 Å². The first kappa shape index (κ1) is 13.6. The maximum atomic E-state index is 11.3. The first-order valence-electron chi connectivity index (χ1n) is 5.33. The minimum atomic E-state index is -0.467. The SMILES string of the molecule is C=CCSCCNc1nc(C(=O)OCC)co1. The Kier molecular flexibility index (Phi) is 6.24. The summed E-state index contributed by atoms with van der Waals surface area (Å²) < 4.78 is 9.88. The summed E-state index contributed by atoms with van der Waals surface area (Å²) in [5.74, 6) is 1.37. The van der Waals surface area contributed by atoms with Gasteiger partial charge in [0.15, 0.2) is 5.69 Å². The number of carbonyl (C=O) groups is 1. The zero-order valence-corrected chi connectivity index (χ0v) is 10.6. The van der Waals surface area contributed by atoms with Crippen molar-refractivity contribution in [3.05, 3.63) is 24.6 Å². The van der Waals surface area contributed by atoms with Crippen LogP contribution < -0.4 is 5.32 Å². The summed E-state index contributed by atoms with van der Waals surface area (Å²) in [6.45, 7) is 6.43. The molecule has 0 aromatic carbocycles. The van der Waals surface area contributed by atoms with Gasteiger partial charge in [0.1, 0.15) is 6.26 Å². The smallest absolute Gasteiger partial charge is 0.360 e. The predicted octanol–water partition coefficient (Wildman–Crippen LogP) is 2.18. The molecule has 0 unspecified atom stereocenters. The molecule has 0 bridgehead atoms. The number of thioether (sulfide) groups is 1. The predicted molar refractivity (Wildman–Crippen MR) is 68.5 cm³/mol. The number of rotatable bonds is 8. The minimum Gasteiger partial charge on any atom is -0.461 e. The average molecular weight is 256 g/mol. The van der Waals surface area contributed by atoms with E-state index in [-0.39, 0.29) is 5.69 Å². The fraction of sp³-hybridized carbons (Fsp3) is 0.455. The second-order valence-electron chi connectivity index (χ2n) is 3.05. The van der Waals surface area contributed by atoms with Crippen LogP contribution in [0.4, 0.5) is 6.01 Å². The molecule has 0 spiro atoms. The molecule has 0 aliphatic carbocycles. The maximum Gasteiger partial charge on any atom is 0.360 e. The summed E-state index contributed by atoms with van der Waals surface area (Å²) in [6, 6.07) is 0.340. The molecule has 0 amide bonds. The van der Waals surface area contributed by atoms with Crippen molar-refractivity contribution < 1.29 is 13.9 Å². The van der Waals surface area contributed by atoms with Crippen LogP contribution in [0.3, 0.4) is 0 Å². The van der Waals surface area contributed by atoms with E-state index in [1.54, 1.807) is 18.7 Å². The quantitative estimate of drug-likeness (QED) is 0.437. The van der Waals surface area contributed by atoms with Crippen LogP contribution in [0, 0.1) is 0 Å². The molecule has 1 aromatic heterocycles. The molecule has 0 saturated heterocycles. The van der Waals surface area contributed by atoms with Gasteiger partial charge in [0.05, 0.1) is 6.61 Å². The maximum absolute atomic E-state index is 11.3. The number of esters is 1. The number of hydrogen-bond donors (Lipinski definition) is 1. The van der Waals surface area contributed by atoms with Crippen molar-refractivity contribution >= 4 is 23.7 Å². The van der Waals surface area contributed by atoms with Crippen LogP contribution in [0.15, 0.2) is 23.3 Å². The van der Waals surface area contributed by atoms with Gasteiger partial charge in [-0.2, -0.15) is 16.7 Å². The van der Waals surface area contributed by atoms with E-state index in [1.807, 2.05) is 6.08 Å². The highest BCUT2D eigenvalue weighted by atomic mass is 32.2. The van der Waals surface area contributed by atoms with Crippen molar-refractivity contribution in [2.24, 2.45) is 0 Å². The van der Waals surface area contributed by atoms with E-state index >= 15 is 0 Å². The molecule has 17 heavy (non-hydrogen) atoms. The van der Waals surface area contributed by atoms with Crippen LogP contribution in [-0.2, 0) is 4.74 Å². The number of aromatic nitrogens is 1. The van der Waals surface area contributed by atoms with Gasteiger partial charge < -0.3 is 14.5 Å². The Labute approximate surface area is 105 Å². The number of nitrogens with one attached hydrogen (secondary N) is 1. The van der Waals surface area contributed by atoms with Crippen LogP contribution in [-0.4, -0.2) is 35.6 Å². The molecule has 1 rings (SSSR count). The summed E-state index contributed by atoms with van der Waals surface area (Å²) in [6.07, 6.45) is 3.14. The van der Waals surface area contributed by atoms with E-state index in [0.29, 0.717) is 12.6 Å². The Hall–Kier alpha value is -1.43. The van der Waals surface area contributed by atoms with E-state index in [0.717, 1.165) is 18.1 Å². The molecule has 0 aliphatic rings. The summed E-state index contributed by atoms with van der Waals surface area (Å²) in [5.41, 5.74) is 0.188. The van der Waals surface area contributed by atoms with E-state index in [4.69, 9.17) is 9.15 Å². The van der Waals surface area contributed by atoms with Gasteiger partial charge in [-0.05, 0) is 6.92 Å². The minimum absolute atomic E-state index is 0.188. The van der Waals surface area contributed by atoms with E-state index in [2.05, 4.69) is 16.9 Å². The molecule has 1 heterocycles. The van der Waals surface area contributed by atoms with Gasteiger partial charge in [-0.15, -0.1) is 6.58 Å². The fourth-order valence-corrected chi connectivity index (χ4v) is 1.63. The third-order valence-corrected chi connectivity index (χ3v) is 2.71. The van der Waals surface area contributed by atoms with Crippen LogP contribution in [0.5, 0.6) is 0 Å². The lowest BCUT2D eigenvalue weighted by Crippen LogP contribution is -2.07. The van der Waals surface area contributed by atoms with Gasteiger partial charge in [0.25, 0.3) is 6.01 Å². The number of ether oxygens (including phenoxy) is 1. The Bertz CT molecular complexity index is 365. The fourth-order valence-electron chi connectivity index (χ4n) is 1.05. The third kappa shape index (κ3) is 4.95. The van der Waals surface area contributed by atoms with Crippen LogP contribution in [0.1, 0.15) is 17.4 Å². The zero-order valence-electron chi connectivity index (χ0n) is 9.77. The van der Waals surface area contributed by atoms with Gasteiger partial charge >= 0.3 is 5.97 Å². The molecule has 0 aliphatic heterocycles. The second-order valence-corrected chi connectivity index (χ2v) is 4.20. The Morgan fingerprint density at radius 2 is 2.59 bits per heavy atom. The van der Waals surface area contributed by atoms with Crippen LogP contribution >= 0.6 is 11.8 Å². The monoisotopic (exact) mass is 256 g/mol. The second kappa shape index (κ2) is 7.78. The summed E-state index contributed by atoms with van der Waals surface area (Å²) in [7, 11) is 0. The van der Waals surface area contributed by atoms with E-state index in [1.165, 1.54) is 6.26 Å². The third-order valence-electron chi connectivity index (χ3n) is 1.75.